The van der Waals surface area contributed by atoms with E-state index in [4.69, 9.17) is 5.73 Å². The fourth-order valence-electron chi connectivity index (χ4n) is 1.19. The van der Waals surface area contributed by atoms with Crippen LogP contribution in [0.4, 0.5) is 0 Å². The minimum atomic E-state index is -0.138. The van der Waals surface area contributed by atoms with Gasteiger partial charge in [0.1, 0.15) is 0 Å². The molecule has 13 heavy (non-hydrogen) atoms. The Balaban J connectivity index is 2.59. The molecule has 2 nitrogen and oxygen atoms in total. The van der Waals surface area contributed by atoms with Crippen molar-refractivity contribution in [3.8, 4) is 0 Å². The second-order valence-corrected chi connectivity index (χ2v) is 5.09. The van der Waals surface area contributed by atoms with Crippen molar-refractivity contribution in [2.75, 3.05) is 0 Å². The van der Waals surface area contributed by atoms with Gasteiger partial charge in [-0.2, -0.15) is 0 Å². The Bertz CT molecular complexity index is 260. The number of rotatable bonds is 4. The van der Waals surface area contributed by atoms with Crippen LogP contribution in [0.15, 0.2) is 5.38 Å². The first kappa shape index (κ1) is 10.7. The topological polar surface area (TPSA) is 38.9 Å². The van der Waals surface area contributed by atoms with Gasteiger partial charge in [-0.3, -0.25) is 0 Å². The first-order chi connectivity index (χ1) is 6.01. The molecule has 2 N–H and O–H groups in total. The summed E-state index contributed by atoms with van der Waals surface area (Å²) in [6.45, 7) is 6.24. The summed E-state index contributed by atoms with van der Waals surface area (Å²) in [5.41, 5.74) is 6.99. The third-order valence-electron chi connectivity index (χ3n) is 1.71. The van der Waals surface area contributed by atoms with Crippen molar-refractivity contribution < 1.29 is 0 Å². The molecule has 0 amide bonds. The fraction of sp³-hybridized carbons (Fsp3) is 0.700. The van der Waals surface area contributed by atoms with Crippen LogP contribution in [0.3, 0.4) is 0 Å². The van der Waals surface area contributed by atoms with Crippen molar-refractivity contribution in [2.24, 2.45) is 5.73 Å². The highest BCUT2D eigenvalue weighted by atomic mass is 32.1. The molecule has 1 rings (SSSR count). The van der Waals surface area contributed by atoms with Crippen LogP contribution in [0, 0.1) is 0 Å². The summed E-state index contributed by atoms with van der Waals surface area (Å²) in [6.07, 6.45) is 3.12. The van der Waals surface area contributed by atoms with Crippen LogP contribution in [0.2, 0.25) is 0 Å². The summed E-state index contributed by atoms with van der Waals surface area (Å²) in [6, 6.07) is 0. The molecular formula is C10H18N2S. The van der Waals surface area contributed by atoms with E-state index in [9.17, 15) is 0 Å². The van der Waals surface area contributed by atoms with E-state index in [2.05, 4.69) is 17.3 Å². The first-order valence-electron chi connectivity index (χ1n) is 4.73. The number of nitrogens with two attached hydrogens (primary N) is 1. The Hall–Kier alpha value is -0.410. The number of aryl methyl sites for hydroxylation is 1. The van der Waals surface area contributed by atoms with E-state index in [1.165, 1.54) is 5.69 Å². The number of nitrogens with zero attached hydrogens (tertiary/aromatic N) is 1. The molecule has 74 valence electrons. The van der Waals surface area contributed by atoms with E-state index in [0.717, 1.165) is 24.3 Å². The third-order valence-corrected chi connectivity index (χ3v) is 2.61. The Morgan fingerprint density at radius 1 is 1.54 bits per heavy atom. The Labute approximate surface area is 84.2 Å². The molecule has 0 aliphatic rings. The average Bonchev–Trinajstić information content (AvgIpc) is 2.33. The molecule has 0 atom stereocenters. The quantitative estimate of drug-likeness (QED) is 0.806. The number of aromatic nitrogens is 1. The van der Waals surface area contributed by atoms with Crippen molar-refractivity contribution in [2.45, 2.75) is 45.6 Å². The molecule has 0 aliphatic heterocycles. The van der Waals surface area contributed by atoms with Crippen LogP contribution >= 0.6 is 11.3 Å². The third kappa shape index (κ3) is 3.87. The van der Waals surface area contributed by atoms with E-state index in [1.807, 2.05) is 13.8 Å². The van der Waals surface area contributed by atoms with E-state index in [-0.39, 0.29) is 5.54 Å². The molecule has 0 radical (unpaired) electrons. The smallest absolute Gasteiger partial charge is 0.0946 e. The molecule has 1 aromatic rings. The van der Waals surface area contributed by atoms with Crippen LogP contribution in [0.1, 0.15) is 37.9 Å². The highest BCUT2D eigenvalue weighted by Crippen LogP contribution is 2.16. The largest absolute Gasteiger partial charge is 0.325 e. The van der Waals surface area contributed by atoms with Gasteiger partial charge >= 0.3 is 0 Å². The van der Waals surface area contributed by atoms with Gasteiger partial charge in [-0.1, -0.05) is 13.3 Å². The minimum absolute atomic E-state index is 0.138. The summed E-state index contributed by atoms with van der Waals surface area (Å²) in [5, 5.41) is 3.31. The Morgan fingerprint density at radius 3 is 2.77 bits per heavy atom. The summed E-state index contributed by atoms with van der Waals surface area (Å²) in [4.78, 5) is 4.52. The van der Waals surface area contributed by atoms with Gasteiger partial charge in [-0.15, -0.1) is 11.3 Å². The second kappa shape index (κ2) is 4.20. The molecule has 0 saturated heterocycles. The van der Waals surface area contributed by atoms with Crippen LogP contribution in [-0.4, -0.2) is 10.5 Å². The van der Waals surface area contributed by atoms with Gasteiger partial charge in [0.25, 0.3) is 0 Å². The lowest BCUT2D eigenvalue weighted by Crippen LogP contribution is -2.34. The normalized spacial score (nSPS) is 12.0. The molecule has 3 heteroatoms. The summed E-state index contributed by atoms with van der Waals surface area (Å²) >= 11 is 1.73. The molecule has 0 fully saturated rings. The molecule has 1 aromatic heterocycles. The van der Waals surface area contributed by atoms with Crippen molar-refractivity contribution in [1.82, 2.24) is 4.98 Å². The summed E-state index contributed by atoms with van der Waals surface area (Å²) in [7, 11) is 0. The summed E-state index contributed by atoms with van der Waals surface area (Å²) < 4.78 is 0. The van der Waals surface area contributed by atoms with Crippen LogP contribution in [0.5, 0.6) is 0 Å². The minimum Gasteiger partial charge on any atom is -0.325 e. The SMILES string of the molecule is CCCc1csc(CC(C)(C)N)n1. The first-order valence-corrected chi connectivity index (χ1v) is 5.61. The monoisotopic (exact) mass is 198 g/mol. The maximum atomic E-state index is 5.92. The molecule has 0 spiro atoms. The molecule has 0 unspecified atom stereocenters. The maximum Gasteiger partial charge on any atom is 0.0946 e. The van der Waals surface area contributed by atoms with Crippen LogP contribution in [0.25, 0.3) is 0 Å². The molecule has 0 saturated carbocycles. The lowest BCUT2D eigenvalue weighted by atomic mass is 10.0. The fourth-order valence-corrected chi connectivity index (χ4v) is 2.26. The van der Waals surface area contributed by atoms with Crippen molar-refractivity contribution in [3.63, 3.8) is 0 Å². The van der Waals surface area contributed by atoms with Gasteiger partial charge in [0.2, 0.25) is 0 Å². The number of thiazole rings is 1. The van der Waals surface area contributed by atoms with E-state index < -0.39 is 0 Å². The lowest BCUT2D eigenvalue weighted by molar-refractivity contribution is 0.515. The zero-order chi connectivity index (χ0) is 9.90. The number of hydrogen-bond donors (Lipinski definition) is 1. The van der Waals surface area contributed by atoms with Gasteiger partial charge in [-0.25, -0.2) is 4.98 Å². The molecule has 0 aliphatic carbocycles. The van der Waals surface area contributed by atoms with E-state index in [0.29, 0.717) is 0 Å². The van der Waals surface area contributed by atoms with Crippen molar-refractivity contribution in [3.05, 3.63) is 16.1 Å². The standard InChI is InChI=1S/C10H18N2S/c1-4-5-8-7-13-9(12-8)6-10(2,3)11/h7H,4-6,11H2,1-3H3. The Morgan fingerprint density at radius 2 is 2.23 bits per heavy atom. The summed E-state index contributed by atoms with van der Waals surface area (Å²) in [5.74, 6) is 0. The predicted octanol–water partition coefficient (Wildman–Crippen LogP) is 2.38. The molecule has 0 aromatic carbocycles. The van der Waals surface area contributed by atoms with Gasteiger partial charge in [0.05, 0.1) is 10.7 Å². The Kier molecular flexibility index (Phi) is 3.45. The number of hydrogen-bond acceptors (Lipinski definition) is 3. The van der Waals surface area contributed by atoms with E-state index in [1.54, 1.807) is 11.3 Å². The van der Waals surface area contributed by atoms with Gasteiger partial charge in [-0.05, 0) is 20.3 Å². The highest BCUT2D eigenvalue weighted by Gasteiger charge is 2.13. The van der Waals surface area contributed by atoms with Gasteiger partial charge < -0.3 is 5.73 Å². The second-order valence-electron chi connectivity index (χ2n) is 4.15. The van der Waals surface area contributed by atoms with Gasteiger partial charge in [0.15, 0.2) is 0 Å². The van der Waals surface area contributed by atoms with Crippen LogP contribution < -0.4 is 5.73 Å². The average molecular weight is 198 g/mol. The zero-order valence-electron chi connectivity index (χ0n) is 8.63. The molecule has 1 heterocycles. The van der Waals surface area contributed by atoms with E-state index >= 15 is 0 Å². The molecular weight excluding hydrogens is 180 g/mol. The van der Waals surface area contributed by atoms with Gasteiger partial charge in [0, 0.05) is 17.3 Å². The predicted molar refractivity (Wildman–Crippen MR) is 58.1 cm³/mol. The molecule has 0 bridgehead atoms. The lowest BCUT2D eigenvalue weighted by Gasteiger charge is -2.15. The van der Waals surface area contributed by atoms with Crippen molar-refractivity contribution in [1.29, 1.82) is 0 Å². The highest BCUT2D eigenvalue weighted by molar-refractivity contribution is 7.09. The zero-order valence-corrected chi connectivity index (χ0v) is 9.45. The van der Waals surface area contributed by atoms with Crippen LogP contribution in [-0.2, 0) is 12.8 Å². The van der Waals surface area contributed by atoms with Crippen molar-refractivity contribution >= 4 is 11.3 Å². The maximum absolute atomic E-state index is 5.92.